The van der Waals surface area contributed by atoms with Crippen LogP contribution in [-0.2, 0) is 16.0 Å². The van der Waals surface area contributed by atoms with Crippen molar-refractivity contribution in [3.63, 3.8) is 0 Å². The summed E-state index contributed by atoms with van der Waals surface area (Å²) >= 11 is 3.55. The summed E-state index contributed by atoms with van der Waals surface area (Å²) in [5.41, 5.74) is 2.98. The highest BCUT2D eigenvalue weighted by atomic mass is 79.9. The SMILES string of the molecule is COc1cc2c(cc1Br)C(CC(=O)C1CCOCC1)=NC(C)(C)C2. The van der Waals surface area contributed by atoms with E-state index in [1.807, 2.05) is 6.07 Å². The van der Waals surface area contributed by atoms with Crippen molar-refractivity contribution < 1.29 is 14.3 Å². The van der Waals surface area contributed by atoms with Crippen LogP contribution in [-0.4, -0.2) is 37.4 Å². The number of halogens is 1. The maximum absolute atomic E-state index is 12.7. The maximum Gasteiger partial charge on any atom is 0.142 e. The van der Waals surface area contributed by atoms with Crippen molar-refractivity contribution in [3.8, 4) is 5.75 Å². The normalized spacial score (nSPS) is 20.2. The standard InChI is InChI=1S/C19H24BrNO3/c1-19(2)11-13-8-18(23-3)15(20)9-14(13)16(21-19)10-17(22)12-4-6-24-7-5-12/h8-9,12H,4-7,10-11H2,1-3H3. The second kappa shape index (κ2) is 6.96. The van der Waals surface area contributed by atoms with Gasteiger partial charge in [-0.15, -0.1) is 0 Å². The van der Waals surface area contributed by atoms with Gasteiger partial charge in [-0.1, -0.05) is 0 Å². The van der Waals surface area contributed by atoms with Crippen LogP contribution in [0.25, 0.3) is 0 Å². The Morgan fingerprint density at radius 3 is 2.75 bits per heavy atom. The summed E-state index contributed by atoms with van der Waals surface area (Å²) in [5.74, 6) is 1.21. The lowest BCUT2D eigenvalue weighted by molar-refractivity contribution is -0.124. The van der Waals surface area contributed by atoms with Crippen LogP contribution in [0.5, 0.6) is 5.75 Å². The lowest BCUT2D eigenvalue weighted by Crippen LogP contribution is -2.32. The van der Waals surface area contributed by atoms with Gasteiger partial charge < -0.3 is 9.47 Å². The third-order valence-electron chi connectivity index (χ3n) is 4.77. The molecule has 0 spiro atoms. The Labute approximate surface area is 151 Å². The fourth-order valence-corrected chi connectivity index (χ4v) is 4.07. The number of ketones is 1. The first-order valence-corrected chi connectivity index (χ1v) is 9.25. The lowest BCUT2D eigenvalue weighted by Gasteiger charge is -2.30. The van der Waals surface area contributed by atoms with Crippen molar-refractivity contribution in [2.45, 2.75) is 45.1 Å². The molecule has 0 N–H and O–H groups in total. The number of carbonyl (C=O) groups excluding carboxylic acids is 1. The highest BCUT2D eigenvalue weighted by molar-refractivity contribution is 9.10. The number of rotatable bonds is 4. The van der Waals surface area contributed by atoms with Gasteiger partial charge in [-0.05, 0) is 66.7 Å². The molecule has 0 aliphatic carbocycles. The molecule has 2 heterocycles. The number of hydrogen-bond donors (Lipinski definition) is 0. The molecular weight excluding hydrogens is 370 g/mol. The van der Waals surface area contributed by atoms with E-state index in [1.54, 1.807) is 7.11 Å². The predicted octanol–water partition coefficient (Wildman–Crippen LogP) is 3.97. The van der Waals surface area contributed by atoms with E-state index in [0.717, 1.165) is 40.8 Å². The molecule has 0 atom stereocenters. The third-order valence-corrected chi connectivity index (χ3v) is 5.39. The number of carbonyl (C=O) groups is 1. The van der Waals surface area contributed by atoms with Crippen molar-refractivity contribution in [2.24, 2.45) is 10.9 Å². The summed E-state index contributed by atoms with van der Waals surface area (Å²) in [4.78, 5) is 17.6. The van der Waals surface area contributed by atoms with E-state index in [1.165, 1.54) is 5.56 Å². The van der Waals surface area contributed by atoms with Gasteiger partial charge in [0.25, 0.3) is 0 Å². The first-order valence-electron chi connectivity index (χ1n) is 8.45. The van der Waals surface area contributed by atoms with Crippen LogP contribution < -0.4 is 4.74 Å². The third kappa shape index (κ3) is 3.72. The first-order chi connectivity index (χ1) is 11.4. The monoisotopic (exact) mass is 393 g/mol. The number of methoxy groups -OCH3 is 1. The lowest BCUT2D eigenvalue weighted by atomic mass is 9.83. The van der Waals surface area contributed by atoms with Crippen molar-refractivity contribution in [2.75, 3.05) is 20.3 Å². The predicted molar refractivity (Wildman–Crippen MR) is 98.2 cm³/mol. The average molecular weight is 394 g/mol. The first kappa shape index (κ1) is 17.6. The highest BCUT2D eigenvalue weighted by Gasteiger charge is 2.30. The van der Waals surface area contributed by atoms with Crippen molar-refractivity contribution in [3.05, 3.63) is 27.7 Å². The molecule has 0 saturated carbocycles. The number of hydrogen-bond acceptors (Lipinski definition) is 4. The Bertz CT molecular complexity index is 675. The average Bonchev–Trinajstić information content (AvgIpc) is 2.55. The van der Waals surface area contributed by atoms with Crippen LogP contribution >= 0.6 is 15.9 Å². The zero-order valence-corrected chi connectivity index (χ0v) is 16.1. The van der Waals surface area contributed by atoms with Gasteiger partial charge in [0.15, 0.2) is 0 Å². The summed E-state index contributed by atoms with van der Waals surface area (Å²) in [6.07, 6.45) is 2.91. The second-order valence-electron chi connectivity index (χ2n) is 7.22. The number of ether oxygens (including phenoxy) is 2. The molecule has 2 aliphatic rings. The fourth-order valence-electron chi connectivity index (χ4n) is 3.56. The maximum atomic E-state index is 12.7. The molecule has 3 rings (SSSR count). The zero-order valence-electron chi connectivity index (χ0n) is 14.5. The van der Waals surface area contributed by atoms with Crippen LogP contribution in [0.3, 0.4) is 0 Å². The van der Waals surface area contributed by atoms with E-state index in [4.69, 9.17) is 14.5 Å². The number of aliphatic imine (C=N–C) groups is 1. The van der Waals surface area contributed by atoms with Gasteiger partial charge in [-0.2, -0.15) is 0 Å². The van der Waals surface area contributed by atoms with Gasteiger partial charge in [0.1, 0.15) is 11.5 Å². The number of nitrogens with zero attached hydrogens (tertiary/aromatic N) is 1. The van der Waals surface area contributed by atoms with E-state index < -0.39 is 0 Å². The molecule has 1 fully saturated rings. The summed E-state index contributed by atoms with van der Waals surface area (Å²) in [5, 5.41) is 0. The van der Waals surface area contributed by atoms with Gasteiger partial charge >= 0.3 is 0 Å². The minimum absolute atomic E-state index is 0.108. The van der Waals surface area contributed by atoms with Gasteiger partial charge in [0.2, 0.25) is 0 Å². The molecule has 0 unspecified atom stereocenters. The second-order valence-corrected chi connectivity index (χ2v) is 8.08. The minimum atomic E-state index is -0.197. The Balaban J connectivity index is 1.90. The van der Waals surface area contributed by atoms with E-state index in [-0.39, 0.29) is 17.2 Å². The molecule has 1 saturated heterocycles. The van der Waals surface area contributed by atoms with Crippen molar-refractivity contribution in [1.82, 2.24) is 0 Å². The molecule has 5 heteroatoms. The molecular formula is C19H24BrNO3. The van der Waals surface area contributed by atoms with Crippen LogP contribution in [0.2, 0.25) is 0 Å². The Morgan fingerprint density at radius 1 is 1.38 bits per heavy atom. The molecule has 0 radical (unpaired) electrons. The topological polar surface area (TPSA) is 47.9 Å². The zero-order chi connectivity index (χ0) is 17.3. The minimum Gasteiger partial charge on any atom is -0.496 e. The molecule has 0 aromatic heterocycles. The van der Waals surface area contributed by atoms with Crippen LogP contribution in [0.15, 0.2) is 21.6 Å². The Morgan fingerprint density at radius 2 is 2.08 bits per heavy atom. The van der Waals surface area contributed by atoms with Gasteiger partial charge in [0.05, 0.1) is 22.8 Å². The van der Waals surface area contributed by atoms with E-state index in [2.05, 4.69) is 35.8 Å². The molecule has 4 nitrogen and oxygen atoms in total. The van der Waals surface area contributed by atoms with Crippen LogP contribution in [0.4, 0.5) is 0 Å². The summed E-state index contributed by atoms with van der Waals surface area (Å²) in [6.45, 7) is 5.61. The van der Waals surface area contributed by atoms with E-state index in [0.29, 0.717) is 19.6 Å². The fraction of sp³-hybridized carbons (Fsp3) is 0.579. The molecule has 1 aromatic carbocycles. The summed E-state index contributed by atoms with van der Waals surface area (Å²) in [7, 11) is 1.67. The summed E-state index contributed by atoms with van der Waals surface area (Å²) in [6, 6.07) is 4.11. The van der Waals surface area contributed by atoms with Gasteiger partial charge in [-0.3, -0.25) is 9.79 Å². The molecule has 1 aromatic rings. The van der Waals surface area contributed by atoms with Crippen LogP contribution in [0, 0.1) is 5.92 Å². The molecule has 2 aliphatic heterocycles. The van der Waals surface area contributed by atoms with Crippen LogP contribution in [0.1, 0.15) is 44.2 Å². The smallest absolute Gasteiger partial charge is 0.142 e. The van der Waals surface area contributed by atoms with Crippen molar-refractivity contribution >= 4 is 27.4 Å². The van der Waals surface area contributed by atoms with E-state index >= 15 is 0 Å². The number of benzene rings is 1. The molecule has 24 heavy (non-hydrogen) atoms. The van der Waals surface area contributed by atoms with Gasteiger partial charge in [-0.25, -0.2) is 0 Å². The Kier molecular flexibility index (Phi) is 5.11. The van der Waals surface area contributed by atoms with Crippen molar-refractivity contribution in [1.29, 1.82) is 0 Å². The van der Waals surface area contributed by atoms with Gasteiger partial charge in [0, 0.05) is 31.1 Å². The quantitative estimate of drug-likeness (QED) is 0.777. The van der Waals surface area contributed by atoms with E-state index in [9.17, 15) is 4.79 Å². The summed E-state index contributed by atoms with van der Waals surface area (Å²) < 4.78 is 11.7. The highest BCUT2D eigenvalue weighted by Crippen LogP contribution is 2.35. The molecule has 130 valence electrons. The number of fused-ring (bicyclic) bond motifs is 1. The number of Topliss-reactive ketones (excluding diaryl/α,β-unsaturated/α-hetero) is 1. The molecule has 0 bridgehead atoms. The Hall–Kier alpha value is -1.20. The largest absolute Gasteiger partial charge is 0.496 e. The molecule has 0 amide bonds.